The van der Waals surface area contributed by atoms with Crippen molar-refractivity contribution in [1.29, 1.82) is 0 Å². The zero-order chi connectivity index (χ0) is 14.7. The van der Waals surface area contributed by atoms with Crippen molar-refractivity contribution in [3.8, 4) is 0 Å². The first-order valence-corrected chi connectivity index (χ1v) is 8.38. The molecule has 0 aromatic carbocycles. The average molecular weight is 292 g/mol. The molecular weight excluding hydrogens is 264 g/mol. The van der Waals surface area contributed by atoms with E-state index >= 15 is 0 Å². The summed E-state index contributed by atoms with van der Waals surface area (Å²) in [6.45, 7) is 7.42. The molecule has 1 aromatic rings. The highest BCUT2D eigenvalue weighted by Crippen LogP contribution is 2.31. The van der Waals surface area contributed by atoms with Crippen LogP contribution in [0.3, 0.4) is 0 Å². The Morgan fingerprint density at radius 3 is 3.14 bits per heavy atom. The van der Waals surface area contributed by atoms with Gasteiger partial charge in [0, 0.05) is 25.7 Å². The SMILES string of the molecule is CCCNCc1coc(N2CCC3C(CCCN3C)C2)n1. The van der Waals surface area contributed by atoms with Crippen LogP contribution in [0.5, 0.6) is 0 Å². The molecule has 0 bridgehead atoms. The number of nitrogens with zero attached hydrogens (tertiary/aromatic N) is 3. The van der Waals surface area contributed by atoms with Crippen LogP contribution in [0.25, 0.3) is 0 Å². The molecule has 0 saturated carbocycles. The van der Waals surface area contributed by atoms with Crippen LogP contribution in [0.15, 0.2) is 10.7 Å². The summed E-state index contributed by atoms with van der Waals surface area (Å²) in [5.74, 6) is 0.770. The molecule has 5 nitrogen and oxygen atoms in total. The van der Waals surface area contributed by atoms with E-state index in [1.54, 1.807) is 6.26 Å². The summed E-state index contributed by atoms with van der Waals surface area (Å²) in [5, 5.41) is 3.37. The number of likely N-dealkylation sites (tertiary alicyclic amines) is 1. The van der Waals surface area contributed by atoms with Crippen molar-refractivity contribution in [1.82, 2.24) is 15.2 Å². The second-order valence-corrected chi connectivity index (χ2v) is 6.48. The highest BCUT2D eigenvalue weighted by atomic mass is 16.4. The molecule has 1 aromatic heterocycles. The van der Waals surface area contributed by atoms with Gasteiger partial charge in [0.2, 0.25) is 0 Å². The fraction of sp³-hybridized carbons (Fsp3) is 0.812. The van der Waals surface area contributed by atoms with Crippen LogP contribution in [0.4, 0.5) is 6.01 Å². The van der Waals surface area contributed by atoms with E-state index in [4.69, 9.17) is 4.42 Å². The van der Waals surface area contributed by atoms with Crippen LogP contribution in [0, 0.1) is 5.92 Å². The summed E-state index contributed by atoms with van der Waals surface area (Å²) >= 11 is 0. The maximum atomic E-state index is 5.70. The molecule has 118 valence electrons. The minimum atomic E-state index is 0.760. The topological polar surface area (TPSA) is 44.5 Å². The van der Waals surface area contributed by atoms with Gasteiger partial charge in [0.05, 0.1) is 5.69 Å². The van der Waals surface area contributed by atoms with E-state index in [-0.39, 0.29) is 0 Å². The van der Waals surface area contributed by atoms with Crippen LogP contribution >= 0.6 is 0 Å². The monoisotopic (exact) mass is 292 g/mol. The Bertz CT molecular complexity index is 447. The zero-order valence-electron chi connectivity index (χ0n) is 13.3. The van der Waals surface area contributed by atoms with Crippen molar-refractivity contribution in [2.24, 2.45) is 5.92 Å². The molecule has 5 heteroatoms. The molecule has 21 heavy (non-hydrogen) atoms. The Kier molecular flexibility index (Phi) is 4.80. The van der Waals surface area contributed by atoms with E-state index in [1.807, 2.05) is 0 Å². The van der Waals surface area contributed by atoms with Gasteiger partial charge in [-0.05, 0) is 51.7 Å². The van der Waals surface area contributed by atoms with E-state index in [2.05, 4.69) is 34.1 Å². The van der Waals surface area contributed by atoms with E-state index in [9.17, 15) is 0 Å². The Morgan fingerprint density at radius 2 is 2.29 bits per heavy atom. The lowest BCUT2D eigenvalue weighted by molar-refractivity contribution is 0.101. The van der Waals surface area contributed by atoms with Gasteiger partial charge in [-0.3, -0.25) is 0 Å². The maximum Gasteiger partial charge on any atom is 0.297 e. The molecule has 2 aliphatic heterocycles. The van der Waals surface area contributed by atoms with Crippen molar-refractivity contribution < 1.29 is 4.42 Å². The van der Waals surface area contributed by atoms with Crippen molar-refractivity contribution >= 4 is 6.01 Å². The van der Waals surface area contributed by atoms with Crippen LogP contribution in [0.2, 0.25) is 0 Å². The highest BCUT2D eigenvalue weighted by molar-refractivity contribution is 5.28. The summed E-state index contributed by atoms with van der Waals surface area (Å²) in [6, 6.07) is 1.57. The second kappa shape index (κ2) is 6.79. The van der Waals surface area contributed by atoms with Gasteiger partial charge in [0.25, 0.3) is 6.01 Å². The van der Waals surface area contributed by atoms with Crippen molar-refractivity contribution in [2.75, 3.05) is 38.1 Å². The van der Waals surface area contributed by atoms with Gasteiger partial charge < -0.3 is 19.5 Å². The summed E-state index contributed by atoms with van der Waals surface area (Å²) in [7, 11) is 2.27. The Morgan fingerprint density at radius 1 is 1.38 bits per heavy atom. The summed E-state index contributed by atoms with van der Waals surface area (Å²) in [6.07, 6.45) is 6.85. The fourth-order valence-electron chi connectivity index (χ4n) is 3.74. The van der Waals surface area contributed by atoms with Gasteiger partial charge in [-0.15, -0.1) is 0 Å². The van der Waals surface area contributed by atoms with E-state index in [0.717, 1.165) is 56.3 Å². The molecule has 2 saturated heterocycles. The van der Waals surface area contributed by atoms with Gasteiger partial charge in [0.1, 0.15) is 6.26 Å². The van der Waals surface area contributed by atoms with Crippen LogP contribution in [0.1, 0.15) is 38.3 Å². The molecule has 0 aliphatic carbocycles. The molecule has 2 atom stereocenters. The maximum absolute atomic E-state index is 5.70. The highest BCUT2D eigenvalue weighted by Gasteiger charge is 2.35. The fourth-order valence-corrected chi connectivity index (χ4v) is 3.74. The Hall–Kier alpha value is -1.07. The van der Waals surface area contributed by atoms with E-state index < -0.39 is 0 Å². The van der Waals surface area contributed by atoms with Gasteiger partial charge in [-0.1, -0.05) is 6.92 Å². The zero-order valence-corrected chi connectivity index (χ0v) is 13.3. The lowest BCUT2D eigenvalue weighted by Crippen LogP contribution is -2.52. The van der Waals surface area contributed by atoms with Crippen molar-refractivity contribution in [2.45, 2.75) is 45.2 Å². The number of nitrogens with one attached hydrogen (secondary N) is 1. The number of hydrogen-bond donors (Lipinski definition) is 1. The number of oxazole rings is 1. The minimum absolute atomic E-state index is 0.760. The van der Waals surface area contributed by atoms with Gasteiger partial charge in [-0.25, -0.2) is 0 Å². The van der Waals surface area contributed by atoms with E-state index in [0.29, 0.717) is 0 Å². The number of anilines is 1. The first kappa shape index (κ1) is 14.9. The smallest absolute Gasteiger partial charge is 0.297 e. The third-order valence-electron chi connectivity index (χ3n) is 4.89. The number of fused-ring (bicyclic) bond motifs is 1. The minimum Gasteiger partial charge on any atom is -0.432 e. The summed E-state index contributed by atoms with van der Waals surface area (Å²) in [5.41, 5.74) is 1.02. The summed E-state index contributed by atoms with van der Waals surface area (Å²) < 4.78 is 5.70. The number of rotatable bonds is 5. The predicted molar refractivity (Wildman–Crippen MR) is 84.5 cm³/mol. The molecule has 3 heterocycles. The number of hydrogen-bond acceptors (Lipinski definition) is 5. The average Bonchev–Trinajstić information content (AvgIpc) is 2.96. The third-order valence-corrected chi connectivity index (χ3v) is 4.89. The number of aromatic nitrogens is 1. The molecule has 0 amide bonds. The molecule has 2 aliphatic rings. The molecule has 3 rings (SSSR count). The molecule has 2 fully saturated rings. The van der Waals surface area contributed by atoms with Crippen LogP contribution < -0.4 is 10.2 Å². The van der Waals surface area contributed by atoms with Gasteiger partial charge in [-0.2, -0.15) is 4.98 Å². The molecular formula is C16H28N4O. The van der Waals surface area contributed by atoms with Gasteiger partial charge >= 0.3 is 0 Å². The van der Waals surface area contributed by atoms with Crippen molar-refractivity contribution in [3.05, 3.63) is 12.0 Å². The van der Waals surface area contributed by atoms with E-state index in [1.165, 1.54) is 25.8 Å². The quantitative estimate of drug-likeness (QED) is 0.842. The molecule has 0 radical (unpaired) electrons. The van der Waals surface area contributed by atoms with Crippen LogP contribution in [-0.4, -0.2) is 49.2 Å². The lowest BCUT2D eigenvalue weighted by atomic mass is 9.84. The standard InChI is InChI=1S/C16H28N4O/c1-3-7-17-10-14-12-21-16(18-14)20-9-6-15-13(11-20)5-4-8-19(15)2/h12-13,15,17H,3-11H2,1-2H3. The Balaban J connectivity index is 1.58. The van der Waals surface area contributed by atoms with Crippen LogP contribution in [-0.2, 0) is 6.54 Å². The first-order chi connectivity index (χ1) is 10.3. The second-order valence-electron chi connectivity index (χ2n) is 6.48. The van der Waals surface area contributed by atoms with Gasteiger partial charge in [0.15, 0.2) is 0 Å². The van der Waals surface area contributed by atoms with Crippen molar-refractivity contribution in [3.63, 3.8) is 0 Å². The first-order valence-electron chi connectivity index (χ1n) is 8.38. The lowest BCUT2D eigenvalue weighted by Gasteiger charge is -2.45. The third kappa shape index (κ3) is 3.40. The Labute approximate surface area is 127 Å². The normalized spacial score (nSPS) is 26.9. The predicted octanol–water partition coefficient (Wildman–Crippen LogP) is 2.09. The molecule has 1 N–H and O–H groups in total. The summed E-state index contributed by atoms with van der Waals surface area (Å²) in [4.78, 5) is 9.53. The molecule has 2 unspecified atom stereocenters. The number of piperidine rings is 2. The largest absolute Gasteiger partial charge is 0.432 e. The molecule has 0 spiro atoms.